The van der Waals surface area contributed by atoms with E-state index < -0.39 is 0 Å². The highest BCUT2D eigenvalue weighted by Crippen LogP contribution is 2.28. The van der Waals surface area contributed by atoms with Crippen LogP contribution in [0.1, 0.15) is 11.3 Å². The van der Waals surface area contributed by atoms with Crippen LogP contribution in [-0.4, -0.2) is 36.5 Å². The molecule has 0 radical (unpaired) electrons. The summed E-state index contributed by atoms with van der Waals surface area (Å²) in [5, 5.41) is 6.42. The first-order chi connectivity index (χ1) is 10.5. The molecule has 1 aromatic carbocycles. The Morgan fingerprint density at radius 3 is 2.82 bits per heavy atom. The number of aromatic nitrogens is 1. The van der Waals surface area contributed by atoms with E-state index in [1.165, 1.54) is 0 Å². The van der Waals surface area contributed by atoms with Crippen molar-refractivity contribution in [3.63, 3.8) is 0 Å². The number of nitrogens with one attached hydrogen (secondary N) is 1. The lowest BCUT2D eigenvalue weighted by Crippen LogP contribution is -2.30. The quantitative estimate of drug-likeness (QED) is 0.855. The first kappa shape index (κ1) is 16.2. The van der Waals surface area contributed by atoms with Gasteiger partial charge in [-0.15, -0.1) is 11.8 Å². The summed E-state index contributed by atoms with van der Waals surface area (Å²) in [6, 6.07) is 7.34. The van der Waals surface area contributed by atoms with Gasteiger partial charge in [0.2, 0.25) is 0 Å². The molecule has 0 aliphatic carbocycles. The fraction of sp³-hybridized carbons (Fsp3) is 0.333. The van der Waals surface area contributed by atoms with Gasteiger partial charge in [-0.25, -0.2) is 4.79 Å². The van der Waals surface area contributed by atoms with Crippen molar-refractivity contribution < 1.29 is 14.1 Å². The number of carbonyl (C=O) groups excluding carboxylic acids is 1. The Morgan fingerprint density at radius 1 is 1.45 bits per heavy atom. The van der Waals surface area contributed by atoms with Crippen molar-refractivity contribution in [1.82, 2.24) is 10.1 Å². The number of urea groups is 1. The van der Waals surface area contributed by atoms with E-state index in [1.807, 2.05) is 24.5 Å². The summed E-state index contributed by atoms with van der Waals surface area (Å²) in [6.07, 6.45) is 2.00. The van der Waals surface area contributed by atoms with Crippen LogP contribution < -0.4 is 10.1 Å². The lowest BCUT2D eigenvalue weighted by Gasteiger charge is -2.18. The van der Waals surface area contributed by atoms with Gasteiger partial charge in [-0.2, -0.15) is 0 Å². The Bertz CT molecular complexity index is 657. The summed E-state index contributed by atoms with van der Waals surface area (Å²) in [5.41, 5.74) is 0.989. The number of carbonyl (C=O) groups is 1. The van der Waals surface area contributed by atoms with Crippen molar-refractivity contribution >= 4 is 23.6 Å². The molecule has 22 heavy (non-hydrogen) atoms. The van der Waals surface area contributed by atoms with E-state index in [0.717, 1.165) is 16.2 Å². The van der Waals surface area contributed by atoms with Gasteiger partial charge in [0.15, 0.2) is 5.82 Å². The minimum Gasteiger partial charge on any atom is -0.496 e. The SMILES string of the molecule is COc1cc(CN(C)C(=O)Nc2cc(C)on2)ccc1SC. The molecule has 2 aromatic rings. The first-order valence-electron chi connectivity index (χ1n) is 6.70. The largest absolute Gasteiger partial charge is 0.496 e. The molecular formula is C15H19N3O3S. The van der Waals surface area contributed by atoms with Crippen LogP contribution in [0.25, 0.3) is 0 Å². The van der Waals surface area contributed by atoms with Gasteiger partial charge in [-0.05, 0) is 30.9 Å². The third-order valence-electron chi connectivity index (χ3n) is 3.08. The van der Waals surface area contributed by atoms with Crippen LogP contribution in [0.3, 0.4) is 0 Å². The van der Waals surface area contributed by atoms with E-state index in [1.54, 1.807) is 43.8 Å². The maximum absolute atomic E-state index is 12.1. The lowest BCUT2D eigenvalue weighted by atomic mass is 10.2. The number of anilines is 1. The standard InChI is InChI=1S/C15H19N3O3S/c1-10-7-14(17-21-10)16-15(19)18(2)9-11-5-6-13(22-4)12(8-11)20-3/h5-8H,9H2,1-4H3,(H,16,17,19). The first-order valence-corrected chi connectivity index (χ1v) is 7.92. The topological polar surface area (TPSA) is 67.6 Å². The van der Waals surface area contributed by atoms with Crippen molar-refractivity contribution in [2.24, 2.45) is 0 Å². The molecule has 2 amide bonds. The number of hydrogen-bond donors (Lipinski definition) is 1. The summed E-state index contributed by atoms with van der Waals surface area (Å²) < 4.78 is 10.3. The van der Waals surface area contributed by atoms with Gasteiger partial charge in [0, 0.05) is 24.6 Å². The zero-order chi connectivity index (χ0) is 16.1. The Labute approximate surface area is 133 Å². The highest BCUT2D eigenvalue weighted by Gasteiger charge is 2.12. The molecule has 6 nitrogen and oxygen atoms in total. The number of methoxy groups -OCH3 is 1. The van der Waals surface area contributed by atoms with Crippen molar-refractivity contribution in [2.75, 3.05) is 25.7 Å². The Hall–Kier alpha value is -2.15. The van der Waals surface area contributed by atoms with E-state index in [2.05, 4.69) is 10.5 Å². The predicted octanol–water partition coefficient (Wildman–Crippen LogP) is 3.38. The molecule has 7 heteroatoms. The fourth-order valence-electron chi connectivity index (χ4n) is 1.95. The average Bonchev–Trinajstić information content (AvgIpc) is 2.92. The molecular weight excluding hydrogens is 302 g/mol. The van der Waals surface area contributed by atoms with Gasteiger partial charge in [0.05, 0.1) is 7.11 Å². The summed E-state index contributed by atoms with van der Waals surface area (Å²) in [5.74, 6) is 1.87. The zero-order valence-electron chi connectivity index (χ0n) is 13.0. The Balaban J connectivity index is 2.01. The highest BCUT2D eigenvalue weighted by molar-refractivity contribution is 7.98. The number of hydrogen-bond acceptors (Lipinski definition) is 5. The van der Waals surface area contributed by atoms with Crippen LogP contribution in [-0.2, 0) is 6.54 Å². The number of thioether (sulfide) groups is 1. The zero-order valence-corrected chi connectivity index (χ0v) is 13.9. The van der Waals surface area contributed by atoms with Crippen molar-refractivity contribution in [1.29, 1.82) is 0 Å². The van der Waals surface area contributed by atoms with Gasteiger partial charge in [-0.3, -0.25) is 5.32 Å². The van der Waals surface area contributed by atoms with E-state index >= 15 is 0 Å². The molecule has 1 heterocycles. The van der Waals surface area contributed by atoms with Crippen LogP contribution in [0, 0.1) is 6.92 Å². The maximum atomic E-state index is 12.1. The van der Waals surface area contributed by atoms with E-state index in [-0.39, 0.29) is 6.03 Å². The molecule has 0 saturated heterocycles. The average molecular weight is 321 g/mol. The molecule has 0 aliphatic rings. The van der Waals surface area contributed by atoms with Crippen molar-refractivity contribution in [2.45, 2.75) is 18.4 Å². The number of benzene rings is 1. The van der Waals surface area contributed by atoms with Crippen molar-refractivity contribution in [3.05, 3.63) is 35.6 Å². The molecule has 0 bridgehead atoms. The summed E-state index contributed by atoms with van der Waals surface area (Å²) in [4.78, 5) is 14.7. The number of nitrogens with zero attached hydrogens (tertiary/aromatic N) is 2. The van der Waals surface area contributed by atoms with Gasteiger partial charge in [0.1, 0.15) is 11.5 Å². The van der Waals surface area contributed by atoms with E-state index in [0.29, 0.717) is 18.1 Å². The Morgan fingerprint density at radius 2 is 2.23 bits per heavy atom. The maximum Gasteiger partial charge on any atom is 0.323 e. The third kappa shape index (κ3) is 3.94. The predicted molar refractivity (Wildman–Crippen MR) is 86.5 cm³/mol. The second-order valence-electron chi connectivity index (χ2n) is 4.80. The van der Waals surface area contributed by atoms with Crippen molar-refractivity contribution in [3.8, 4) is 5.75 Å². The molecule has 0 saturated carbocycles. The molecule has 0 aliphatic heterocycles. The molecule has 2 rings (SSSR count). The van der Waals surface area contributed by atoms with Gasteiger partial charge in [0.25, 0.3) is 0 Å². The minimum absolute atomic E-state index is 0.249. The van der Waals surface area contributed by atoms with Crippen LogP contribution in [0.5, 0.6) is 5.75 Å². The monoisotopic (exact) mass is 321 g/mol. The van der Waals surface area contributed by atoms with Crippen LogP contribution >= 0.6 is 11.8 Å². The third-order valence-corrected chi connectivity index (χ3v) is 3.85. The molecule has 0 unspecified atom stereocenters. The Kier molecular flexibility index (Phi) is 5.32. The number of aryl methyl sites for hydroxylation is 1. The fourth-order valence-corrected chi connectivity index (χ4v) is 2.50. The molecule has 0 spiro atoms. The molecule has 0 atom stereocenters. The second-order valence-corrected chi connectivity index (χ2v) is 5.65. The summed E-state index contributed by atoms with van der Waals surface area (Å²) >= 11 is 1.62. The molecule has 0 fully saturated rings. The summed E-state index contributed by atoms with van der Waals surface area (Å²) in [6.45, 7) is 2.24. The van der Waals surface area contributed by atoms with Crippen LogP contribution in [0.15, 0.2) is 33.7 Å². The smallest absolute Gasteiger partial charge is 0.323 e. The molecule has 1 N–H and O–H groups in total. The lowest BCUT2D eigenvalue weighted by molar-refractivity contribution is 0.220. The number of amides is 2. The van der Waals surface area contributed by atoms with Crippen LogP contribution in [0.4, 0.5) is 10.6 Å². The minimum atomic E-state index is -0.249. The van der Waals surface area contributed by atoms with E-state index in [9.17, 15) is 4.79 Å². The van der Waals surface area contributed by atoms with Crippen LogP contribution in [0.2, 0.25) is 0 Å². The number of ether oxygens (including phenoxy) is 1. The van der Waals surface area contributed by atoms with E-state index in [4.69, 9.17) is 9.26 Å². The van der Waals surface area contributed by atoms with Gasteiger partial charge >= 0.3 is 6.03 Å². The summed E-state index contributed by atoms with van der Waals surface area (Å²) in [7, 11) is 3.36. The normalized spacial score (nSPS) is 10.4. The van der Waals surface area contributed by atoms with Gasteiger partial charge < -0.3 is 14.2 Å². The second kappa shape index (κ2) is 7.22. The van der Waals surface area contributed by atoms with Gasteiger partial charge in [-0.1, -0.05) is 11.2 Å². The molecule has 1 aromatic heterocycles. The molecule has 118 valence electrons. The number of rotatable bonds is 5. The highest BCUT2D eigenvalue weighted by atomic mass is 32.2.